The number of hydrogen-bond acceptors (Lipinski definition) is 2. The predicted molar refractivity (Wildman–Crippen MR) is 112 cm³/mol. The van der Waals surface area contributed by atoms with Gasteiger partial charge in [-0.1, -0.05) is 18.6 Å². The van der Waals surface area contributed by atoms with Gasteiger partial charge in [0.15, 0.2) is 5.60 Å². The molecule has 172 valence electrons. The number of halogens is 3. The summed E-state index contributed by atoms with van der Waals surface area (Å²) in [6, 6.07) is 0. The number of rotatable bonds is 4. The molecule has 8 atom stereocenters. The maximum atomic E-state index is 13.0. The third-order valence-corrected chi connectivity index (χ3v) is 9.74. The predicted octanol–water partition coefficient (Wildman–Crippen LogP) is 6.41. The Labute approximate surface area is 179 Å². The minimum atomic E-state index is -4.55. The van der Waals surface area contributed by atoms with Crippen LogP contribution in [-0.2, 0) is 0 Å². The maximum Gasteiger partial charge on any atom is 0.416 e. The average Bonchev–Trinajstić information content (AvgIpc) is 2.96. The molecule has 30 heavy (non-hydrogen) atoms. The fraction of sp³-hybridized carbons (Fsp3) is 0.920. The van der Waals surface area contributed by atoms with Gasteiger partial charge in [-0.05, 0) is 119 Å². The molecule has 0 radical (unpaired) electrons. The second-order valence-corrected chi connectivity index (χ2v) is 11.8. The van der Waals surface area contributed by atoms with E-state index in [-0.39, 0.29) is 11.8 Å². The first-order chi connectivity index (χ1) is 13.8. The first-order valence-corrected chi connectivity index (χ1v) is 12.0. The van der Waals surface area contributed by atoms with Gasteiger partial charge in [-0.2, -0.15) is 13.2 Å². The molecule has 0 bridgehead atoms. The summed E-state index contributed by atoms with van der Waals surface area (Å²) in [6.07, 6.45) is 7.56. The number of allylic oxidation sites excluding steroid dienone is 1. The monoisotopic (exact) mass is 428 g/mol. The zero-order chi connectivity index (χ0) is 21.9. The summed E-state index contributed by atoms with van der Waals surface area (Å²) in [7, 11) is 0. The lowest BCUT2D eigenvalue weighted by Crippen LogP contribution is -2.47. The summed E-state index contributed by atoms with van der Waals surface area (Å²) in [5.41, 5.74) is -1.40. The van der Waals surface area contributed by atoms with Crippen molar-refractivity contribution >= 4 is 0 Å². The molecular formula is C25H39F3O2. The molecule has 0 spiro atoms. The van der Waals surface area contributed by atoms with Gasteiger partial charge in [0.05, 0.1) is 5.60 Å². The Balaban J connectivity index is 1.41. The molecule has 0 unspecified atom stereocenters. The van der Waals surface area contributed by atoms with Gasteiger partial charge in [-0.25, -0.2) is 0 Å². The Morgan fingerprint density at radius 1 is 1.07 bits per heavy atom. The van der Waals surface area contributed by atoms with E-state index in [0.717, 1.165) is 51.4 Å². The van der Waals surface area contributed by atoms with Crippen molar-refractivity contribution in [2.24, 2.45) is 35.0 Å². The lowest BCUT2D eigenvalue weighted by molar-refractivity contribution is -0.255. The van der Waals surface area contributed by atoms with Crippen LogP contribution in [0, 0.1) is 35.0 Å². The van der Waals surface area contributed by atoms with Crippen LogP contribution >= 0.6 is 0 Å². The van der Waals surface area contributed by atoms with E-state index in [9.17, 15) is 23.4 Å². The van der Waals surface area contributed by atoms with Crippen LogP contribution in [0.2, 0.25) is 0 Å². The number of fused-ring (bicyclic) bond motifs is 5. The Bertz CT molecular complexity index is 680. The standard InChI is InChI=1S/C25H39F3O2/c1-22(29)13-10-18-16(15-22)6-8-20-19(18)11-14-23(2)17(7-9-21(20)23)5-4-12-24(3,30)25(26,27)28/h6,17-21,29-30H,4-5,7-15H2,1-3H3/t17-,18-,19+,20+,21-,22-,23+,24-/m0/s1. The molecule has 0 heterocycles. The van der Waals surface area contributed by atoms with Crippen molar-refractivity contribution < 1.29 is 23.4 Å². The molecule has 0 saturated heterocycles. The highest BCUT2D eigenvalue weighted by molar-refractivity contribution is 5.21. The largest absolute Gasteiger partial charge is 0.416 e. The molecule has 3 saturated carbocycles. The fourth-order valence-electron chi connectivity index (χ4n) is 7.88. The minimum Gasteiger partial charge on any atom is -0.390 e. The van der Waals surface area contributed by atoms with Gasteiger partial charge in [0, 0.05) is 0 Å². The van der Waals surface area contributed by atoms with Gasteiger partial charge in [-0.15, -0.1) is 0 Å². The smallest absolute Gasteiger partial charge is 0.390 e. The van der Waals surface area contributed by atoms with Crippen LogP contribution in [0.15, 0.2) is 11.6 Å². The van der Waals surface area contributed by atoms with Crippen molar-refractivity contribution in [3.8, 4) is 0 Å². The third kappa shape index (κ3) is 3.87. The van der Waals surface area contributed by atoms with Gasteiger partial charge >= 0.3 is 6.18 Å². The van der Waals surface area contributed by atoms with E-state index in [1.807, 2.05) is 6.92 Å². The maximum absolute atomic E-state index is 13.0. The van der Waals surface area contributed by atoms with E-state index in [2.05, 4.69) is 13.0 Å². The minimum absolute atomic E-state index is 0.200. The Morgan fingerprint density at radius 3 is 2.50 bits per heavy atom. The van der Waals surface area contributed by atoms with E-state index < -0.39 is 17.4 Å². The van der Waals surface area contributed by atoms with E-state index in [1.165, 1.54) is 24.8 Å². The summed E-state index contributed by atoms with van der Waals surface area (Å²) in [5.74, 6) is 3.21. The number of hydrogen-bond donors (Lipinski definition) is 2. The van der Waals surface area contributed by atoms with Gasteiger partial charge in [0.2, 0.25) is 0 Å². The van der Waals surface area contributed by atoms with Gasteiger partial charge in [0.1, 0.15) is 0 Å². The highest BCUT2D eigenvalue weighted by Crippen LogP contribution is 2.64. The van der Waals surface area contributed by atoms with Crippen LogP contribution in [0.25, 0.3) is 0 Å². The lowest BCUT2D eigenvalue weighted by atomic mass is 9.51. The van der Waals surface area contributed by atoms with Crippen molar-refractivity contribution in [2.75, 3.05) is 0 Å². The second kappa shape index (κ2) is 7.50. The quantitative estimate of drug-likeness (QED) is 0.508. The zero-order valence-electron chi connectivity index (χ0n) is 18.8. The van der Waals surface area contributed by atoms with Gasteiger partial charge in [-0.3, -0.25) is 0 Å². The topological polar surface area (TPSA) is 40.5 Å². The van der Waals surface area contributed by atoms with Crippen molar-refractivity contribution in [2.45, 2.75) is 109 Å². The SMILES string of the molecule is C[C@]1(O)CC[C@H]2C(=CC[C@@H]3[C@@H]2CC[C@]2(C)[C@@H](CCC[C@](C)(O)C(F)(F)F)CC[C@@H]32)C1. The van der Waals surface area contributed by atoms with Crippen LogP contribution in [0.1, 0.15) is 91.4 Å². The van der Waals surface area contributed by atoms with Gasteiger partial charge in [0.25, 0.3) is 0 Å². The summed E-state index contributed by atoms with van der Waals surface area (Å²) >= 11 is 0. The number of aliphatic hydroxyl groups is 2. The van der Waals surface area contributed by atoms with E-state index in [0.29, 0.717) is 30.1 Å². The Kier molecular flexibility index (Phi) is 5.66. The van der Waals surface area contributed by atoms with Gasteiger partial charge < -0.3 is 10.2 Å². The molecule has 4 rings (SSSR count). The van der Waals surface area contributed by atoms with Crippen molar-refractivity contribution in [3.05, 3.63) is 11.6 Å². The molecule has 0 aromatic heterocycles. The molecule has 3 fully saturated rings. The number of alkyl halides is 3. The van der Waals surface area contributed by atoms with Crippen molar-refractivity contribution in [1.82, 2.24) is 0 Å². The first kappa shape index (κ1) is 22.6. The third-order valence-electron chi connectivity index (χ3n) is 9.74. The van der Waals surface area contributed by atoms with Crippen LogP contribution < -0.4 is 0 Å². The molecule has 2 N–H and O–H groups in total. The van der Waals surface area contributed by atoms with E-state index in [4.69, 9.17) is 0 Å². The molecular weight excluding hydrogens is 389 g/mol. The second-order valence-electron chi connectivity index (χ2n) is 11.8. The Hall–Kier alpha value is -0.550. The zero-order valence-corrected chi connectivity index (χ0v) is 18.8. The first-order valence-electron chi connectivity index (χ1n) is 12.0. The highest BCUT2D eigenvalue weighted by Gasteiger charge is 2.56. The van der Waals surface area contributed by atoms with Crippen LogP contribution in [-0.4, -0.2) is 27.6 Å². The molecule has 4 aliphatic rings. The molecule has 5 heteroatoms. The highest BCUT2D eigenvalue weighted by atomic mass is 19.4. The summed E-state index contributed by atoms with van der Waals surface area (Å²) in [5, 5.41) is 20.3. The summed E-state index contributed by atoms with van der Waals surface area (Å²) < 4.78 is 38.9. The van der Waals surface area contributed by atoms with Crippen LogP contribution in [0.4, 0.5) is 13.2 Å². The average molecular weight is 429 g/mol. The molecule has 0 aliphatic heterocycles. The Morgan fingerprint density at radius 2 is 1.80 bits per heavy atom. The molecule has 0 aromatic carbocycles. The van der Waals surface area contributed by atoms with E-state index in [1.54, 1.807) is 0 Å². The van der Waals surface area contributed by atoms with Crippen LogP contribution in [0.3, 0.4) is 0 Å². The van der Waals surface area contributed by atoms with Crippen molar-refractivity contribution in [3.63, 3.8) is 0 Å². The fourth-order valence-corrected chi connectivity index (χ4v) is 7.88. The van der Waals surface area contributed by atoms with Crippen molar-refractivity contribution in [1.29, 1.82) is 0 Å². The molecule has 0 amide bonds. The summed E-state index contributed by atoms with van der Waals surface area (Å²) in [4.78, 5) is 0. The molecule has 4 aliphatic carbocycles. The molecule has 2 nitrogen and oxygen atoms in total. The van der Waals surface area contributed by atoms with E-state index >= 15 is 0 Å². The molecule has 0 aromatic rings. The lowest BCUT2D eigenvalue weighted by Gasteiger charge is -2.54. The van der Waals surface area contributed by atoms with Crippen LogP contribution in [0.5, 0.6) is 0 Å². The normalized spacial score (nSPS) is 45.7. The summed E-state index contributed by atoms with van der Waals surface area (Å²) in [6.45, 7) is 5.27.